The van der Waals surface area contributed by atoms with Crippen LogP contribution in [0, 0.1) is 0 Å². The molecule has 0 saturated heterocycles. The Labute approximate surface area is 148 Å². The van der Waals surface area contributed by atoms with Crippen LogP contribution in [0.4, 0.5) is 0 Å². The van der Waals surface area contributed by atoms with Crippen LogP contribution < -0.4 is 4.74 Å². The molecule has 1 aromatic carbocycles. The number of rotatable bonds is 6. The number of ether oxygens (including phenoxy) is 2. The number of hydrogen-bond acceptors (Lipinski definition) is 4. The van der Waals surface area contributed by atoms with Crippen molar-refractivity contribution >= 4 is 5.91 Å². The van der Waals surface area contributed by atoms with Gasteiger partial charge in [0, 0.05) is 13.1 Å². The van der Waals surface area contributed by atoms with Gasteiger partial charge in [0.05, 0.1) is 37.0 Å². The van der Waals surface area contributed by atoms with Gasteiger partial charge in [-0.1, -0.05) is 18.2 Å². The molecule has 25 heavy (non-hydrogen) atoms. The Morgan fingerprint density at radius 3 is 2.80 bits per heavy atom. The van der Waals surface area contributed by atoms with Crippen LogP contribution in [0.1, 0.15) is 31.7 Å². The summed E-state index contributed by atoms with van der Waals surface area (Å²) in [6.07, 6.45) is 2.91. The van der Waals surface area contributed by atoms with Gasteiger partial charge in [-0.25, -0.2) is 4.98 Å². The van der Waals surface area contributed by atoms with Crippen LogP contribution in [0.3, 0.4) is 0 Å². The SMILES string of the molecule is CC(C)OCc1ncn2c1CN(C(=O)COc1ccccc1)CCC2. The number of carbonyl (C=O) groups excluding carboxylic acids is 1. The van der Waals surface area contributed by atoms with Crippen molar-refractivity contribution in [3.63, 3.8) is 0 Å². The standard InChI is InChI=1S/C19H25N3O3/c1-15(2)24-12-17-18-11-21(9-6-10-22(18)14-20-17)19(23)13-25-16-7-4-3-5-8-16/h3-5,7-8,14-15H,6,9-13H2,1-2H3. The molecule has 1 amide bonds. The molecule has 6 nitrogen and oxygen atoms in total. The average Bonchev–Trinajstić information content (AvgIpc) is 2.86. The van der Waals surface area contributed by atoms with Gasteiger partial charge in [0.15, 0.2) is 6.61 Å². The zero-order valence-electron chi connectivity index (χ0n) is 14.9. The van der Waals surface area contributed by atoms with Crippen molar-refractivity contribution in [1.82, 2.24) is 14.5 Å². The highest BCUT2D eigenvalue weighted by Crippen LogP contribution is 2.18. The zero-order chi connectivity index (χ0) is 17.6. The fraction of sp³-hybridized carbons (Fsp3) is 0.474. The number of carbonyl (C=O) groups is 1. The Morgan fingerprint density at radius 2 is 2.04 bits per heavy atom. The predicted molar refractivity (Wildman–Crippen MR) is 94.1 cm³/mol. The molecule has 0 saturated carbocycles. The molecule has 1 aromatic heterocycles. The molecule has 1 aliphatic heterocycles. The van der Waals surface area contributed by atoms with Crippen molar-refractivity contribution in [1.29, 1.82) is 0 Å². The van der Waals surface area contributed by atoms with Crippen LogP contribution in [0.5, 0.6) is 5.75 Å². The first kappa shape index (κ1) is 17.5. The van der Waals surface area contributed by atoms with Gasteiger partial charge in [0.1, 0.15) is 5.75 Å². The van der Waals surface area contributed by atoms with E-state index in [1.807, 2.05) is 55.4 Å². The molecule has 0 spiro atoms. The molecule has 0 aliphatic carbocycles. The van der Waals surface area contributed by atoms with E-state index >= 15 is 0 Å². The Bertz CT molecular complexity index is 697. The molecule has 0 bridgehead atoms. The van der Waals surface area contributed by atoms with Crippen LogP contribution in [-0.2, 0) is 29.2 Å². The van der Waals surface area contributed by atoms with Gasteiger partial charge >= 0.3 is 0 Å². The molecule has 134 valence electrons. The molecule has 6 heteroatoms. The maximum Gasteiger partial charge on any atom is 0.260 e. The summed E-state index contributed by atoms with van der Waals surface area (Å²) in [5.74, 6) is 0.705. The number of aromatic nitrogens is 2. The number of para-hydroxylation sites is 1. The predicted octanol–water partition coefficient (Wildman–Crippen LogP) is 2.62. The minimum absolute atomic E-state index is 0.00534. The first-order chi connectivity index (χ1) is 12.1. The minimum Gasteiger partial charge on any atom is -0.484 e. The molecular formula is C19H25N3O3. The molecule has 0 radical (unpaired) electrons. The quantitative estimate of drug-likeness (QED) is 0.809. The van der Waals surface area contributed by atoms with Gasteiger partial charge in [0.2, 0.25) is 0 Å². The molecule has 0 N–H and O–H groups in total. The highest BCUT2D eigenvalue weighted by Gasteiger charge is 2.22. The van der Waals surface area contributed by atoms with E-state index in [0.717, 1.165) is 30.9 Å². The number of imidazole rings is 1. The lowest BCUT2D eigenvalue weighted by atomic mass is 10.3. The maximum absolute atomic E-state index is 12.6. The highest BCUT2D eigenvalue weighted by atomic mass is 16.5. The largest absolute Gasteiger partial charge is 0.484 e. The molecule has 0 atom stereocenters. The number of aryl methyl sites for hydroxylation is 1. The monoisotopic (exact) mass is 343 g/mol. The van der Waals surface area contributed by atoms with E-state index in [4.69, 9.17) is 9.47 Å². The van der Waals surface area contributed by atoms with Gasteiger partial charge in [-0.05, 0) is 32.4 Å². The van der Waals surface area contributed by atoms with Crippen molar-refractivity contribution in [2.24, 2.45) is 0 Å². The van der Waals surface area contributed by atoms with E-state index in [-0.39, 0.29) is 18.6 Å². The van der Waals surface area contributed by atoms with Crippen LogP contribution in [0.25, 0.3) is 0 Å². The van der Waals surface area contributed by atoms with E-state index in [1.165, 1.54) is 0 Å². The first-order valence-corrected chi connectivity index (χ1v) is 8.73. The summed E-state index contributed by atoms with van der Waals surface area (Å²) in [6.45, 7) is 6.68. The average molecular weight is 343 g/mol. The lowest BCUT2D eigenvalue weighted by Crippen LogP contribution is -2.35. The van der Waals surface area contributed by atoms with Crippen molar-refractivity contribution in [3.05, 3.63) is 48.0 Å². The summed E-state index contributed by atoms with van der Waals surface area (Å²) in [5.41, 5.74) is 1.98. The van der Waals surface area contributed by atoms with Gasteiger partial charge < -0.3 is 18.9 Å². The van der Waals surface area contributed by atoms with Crippen LogP contribution in [-0.4, -0.2) is 39.6 Å². The second-order valence-corrected chi connectivity index (χ2v) is 6.46. The summed E-state index contributed by atoms with van der Waals surface area (Å²) in [7, 11) is 0. The van der Waals surface area contributed by atoms with E-state index < -0.39 is 0 Å². The van der Waals surface area contributed by atoms with Gasteiger partial charge in [-0.2, -0.15) is 0 Å². The minimum atomic E-state index is -0.00534. The number of benzene rings is 1. The van der Waals surface area contributed by atoms with Gasteiger partial charge in [0.25, 0.3) is 5.91 Å². The number of fused-ring (bicyclic) bond motifs is 1. The second kappa shape index (κ2) is 8.16. The number of nitrogens with zero attached hydrogens (tertiary/aromatic N) is 3. The van der Waals surface area contributed by atoms with E-state index in [1.54, 1.807) is 0 Å². The van der Waals surface area contributed by atoms with Crippen LogP contribution in [0.2, 0.25) is 0 Å². The van der Waals surface area contributed by atoms with E-state index in [2.05, 4.69) is 9.55 Å². The molecular weight excluding hydrogens is 318 g/mol. The van der Waals surface area contributed by atoms with Crippen molar-refractivity contribution in [2.45, 2.75) is 46.1 Å². The molecule has 2 heterocycles. The third kappa shape index (κ3) is 4.60. The number of hydrogen-bond donors (Lipinski definition) is 0. The lowest BCUT2D eigenvalue weighted by Gasteiger charge is -2.21. The summed E-state index contributed by atoms with van der Waals surface area (Å²) in [4.78, 5) is 18.9. The molecule has 0 fully saturated rings. The van der Waals surface area contributed by atoms with E-state index in [0.29, 0.717) is 18.9 Å². The topological polar surface area (TPSA) is 56.6 Å². The van der Waals surface area contributed by atoms with Crippen molar-refractivity contribution in [2.75, 3.05) is 13.2 Å². The smallest absolute Gasteiger partial charge is 0.260 e. The Balaban J connectivity index is 1.63. The third-order valence-electron chi connectivity index (χ3n) is 4.21. The fourth-order valence-corrected chi connectivity index (χ4v) is 2.85. The van der Waals surface area contributed by atoms with Crippen molar-refractivity contribution < 1.29 is 14.3 Å². The summed E-state index contributed by atoms with van der Waals surface area (Å²) in [5, 5.41) is 0. The zero-order valence-corrected chi connectivity index (χ0v) is 14.9. The highest BCUT2D eigenvalue weighted by molar-refractivity contribution is 5.77. The second-order valence-electron chi connectivity index (χ2n) is 6.46. The Hall–Kier alpha value is -2.34. The van der Waals surface area contributed by atoms with Crippen LogP contribution >= 0.6 is 0 Å². The number of amides is 1. The molecule has 1 aliphatic rings. The van der Waals surface area contributed by atoms with E-state index in [9.17, 15) is 4.79 Å². The third-order valence-corrected chi connectivity index (χ3v) is 4.21. The fourth-order valence-electron chi connectivity index (χ4n) is 2.85. The summed E-state index contributed by atoms with van der Waals surface area (Å²) in [6, 6.07) is 9.42. The van der Waals surface area contributed by atoms with Crippen LogP contribution in [0.15, 0.2) is 36.7 Å². The molecule has 0 unspecified atom stereocenters. The normalized spacial score (nSPS) is 14.3. The summed E-state index contributed by atoms with van der Waals surface area (Å²) < 4.78 is 13.4. The first-order valence-electron chi connectivity index (χ1n) is 8.73. The Morgan fingerprint density at radius 1 is 1.24 bits per heavy atom. The van der Waals surface area contributed by atoms with Gasteiger partial charge in [-0.3, -0.25) is 4.79 Å². The van der Waals surface area contributed by atoms with Crippen molar-refractivity contribution in [3.8, 4) is 5.75 Å². The lowest BCUT2D eigenvalue weighted by molar-refractivity contribution is -0.134. The maximum atomic E-state index is 12.6. The molecule has 3 rings (SSSR count). The Kier molecular flexibility index (Phi) is 5.71. The summed E-state index contributed by atoms with van der Waals surface area (Å²) >= 11 is 0. The van der Waals surface area contributed by atoms with Gasteiger partial charge in [-0.15, -0.1) is 0 Å². The molecule has 2 aromatic rings.